The number of carbonyl (C=O) groups excluding carboxylic acids is 3. The highest BCUT2D eigenvalue weighted by Crippen LogP contribution is 2.43. The number of hydrogen-bond acceptors (Lipinski definition) is 20. The van der Waals surface area contributed by atoms with Crippen LogP contribution in [0.15, 0.2) is 71.9 Å². The Balaban J connectivity index is 0.812. The van der Waals surface area contributed by atoms with Crippen molar-refractivity contribution in [1.82, 2.24) is 14.7 Å². The smallest absolute Gasteiger partial charge is 0.288 e. The van der Waals surface area contributed by atoms with Gasteiger partial charge in [-0.05, 0) is 123 Å². The van der Waals surface area contributed by atoms with Gasteiger partial charge in [-0.15, -0.1) is 0 Å². The van der Waals surface area contributed by atoms with E-state index in [1.165, 1.54) is 48.3 Å². The number of hydrogen-bond donors (Lipinski definition) is 6. The standard InChI is InChI=1S/C56H71N6O19PS3/c1-35(59-81-19-7-25-82(66,67)24-6-15-60-18-14-51(83)56(60)65)38-10-12-39(13-11-38)77-22-20-76-21-23-78-40-27-36(33-79-49-31-43-41(29-47(49)74-2)54(63)61-16-4-8-45(61)52(57-43)84(68,69)70)26-37(28-40)34-80-50-32-44-42(30-48(50)75-3)55(64)62-17-5-9-46(62)53(58-44)85(71,72)73/h10-13,26-32,45-46,51-53,57-58,83H,4-9,14-25,33-34H2,1-3H3,(H,66,67)(H,68,69,70)(H,71,72,73)/t45-,46-,51?,52?,53?/m0/s1. The van der Waals surface area contributed by atoms with Gasteiger partial charge in [-0.25, -0.2) is 0 Å². The Kier molecular flexibility index (Phi) is 20.3. The highest BCUT2D eigenvalue weighted by molar-refractivity contribution is 7.86. The molecule has 0 radical (unpaired) electrons. The first-order valence-electron chi connectivity index (χ1n) is 27.9. The van der Waals surface area contributed by atoms with Crippen LogP contribution in [0.4, 0.5) is 11.4 Å². The van der Waals surface area contributed by atoms with Crippen LogP contribution >= 0.6 is 20.0 Å². The zero-order chi connectivity index (χ0) is 60.6. The minimum atomic E-state index is -4.66. The van der Waals surface area contributed by atoms with E-state index in [2.05, 4.69) is 28.4 Å². The Morgan fingerprint density at radius 2 is 1.18 bits per heavy atom. The zero-order valence-electron chi connectivity index (χ0n) is 47.3. The number of amides is 3. The van der Waals surface area contributed by atoms with E-state index in [9.17, 15) is 49.8 Å². The lowest BCUT2D eigenvalue weighted by Gasteiger charge is -2.27. The molecule has 4 aromatic carbocycles. The molecular formula is C56H71N6O19PS3. The Hall–Kier alpha value is -6.52. The average Bonchev–Trinajstić information content (AvgIpc) is 3.64. The number of nitrogens with one attached hydrogen (secondary N) is 2. The van der Waals surface area contributed by atoms with Crippen molar-refractivity contribution in [3.63, 3.8) is 0 Å². The summed E-state index contributed by atoms with van der Waals surface area (Å²) in [7, 11) is -9.88. The quantitative estimate of drug-likeness (QED) is 0.00928. The summed E-state index contributed by atoms with van der Waals surface area (Å²) in [6.07, 6.45) is 3.57. The fourth-order valence-electron chi connectivity index (χ4n) is 11.1. The Labute approximate surface area is 498 Å². The molecule has 5 aliphatic rings. The van der Waals surface area contributed by atoms with E-state index >= 15 is 0 Å². The summed E-state index contributed by atoms with van der Waals surface area (Å²) >= 11 is 4.26. The van der Waals surface area contributed by atoms with Crippen LogP contribution < -0.4 is 39.1 Å². The van der Waals surface area contributed by atoms with Crippen LogP contribution in [0.1, 0.15) is 89.3 Å². The fourth-order valence-corrected chi connectivity index (χ4v) is 14.8. The third-order valence-electron chi connectivity index (χ3n) is 15.4. The maximum absolute atomic E-state index is 13.8. The number of anilines is 2. The minimum Gasteiger partial charge on any atom is -0.493 e. The van der Waals surface area contributed by atoms with Crippen LogP contribution in [-0.2, 0) is 52.4 Å². The summed E-state index contributed by atoms with van der Waals surface area (Å²) in [4.78, 5) is 60.0. The second kappa shape index (κ2) is 27.5. The van der Waals surface area contributed by atoms with E-state index in [1.54, 1.807) is 42.2 Å². The van der Waals surface area contributed by atoms with Crippen LogP contribution in [0.3, 0.4) is 0 Å². The second-order valence-corrected chi connectivity index (χ2v) is 27.5. The molecule has 4 aromatic rings. The number of oxime groups is 1. The number of rotatable bonds is 28. The van der Waals surface area contributed by atoms with E-state index in [0.717, 1.165) is 5.56 Å². The van der Waals surface area contributed by atoms with Crippen molar-refractivity contribution in [2.45, 2.75) is 93.2 Å². The number of benzene rings is 4. The molecule has 5 heterocycles. The summed E-state index contributed by atoms with van der Waals surface area (Å²) < 4.78 is 126. The number of fused-ring (bicyclic) bond motifs is 4. The van der Waals surface area contributed by atoms with Gasteiger partial charge in [0.1, 0.15) is 44.5 Å². The lowest BCUT2D eigenvalue weighted by molar-refractivity contribution is -0.127. The van der Waals surface area contributed by atoms with Crippen LogP contribution in [0.5, 0.6) is 34.5 Å². The molecule has 0 aliphatic carbocycles. The zero-order valence-corrected chi connectivity index (χ0v) is 50.7. The van der Waals surface area contributed by atoms with Gasteiger partial charge in [0.05, 0.1) is 73.0 Å². The monoisotopic (exact) mass is 1260 g/mol. The van der Waals surface area contributed by atoms with Gasteiger partial charge in [0, 0.05) is 50.6 Å². The van der Waals surface area contributed by atoms with Crippen molar-refractivity contribution in [2.75, 3.05) is 96.4 Å². The maximum Gasteiger partial charge on any atom is 0.288 e. The first kappa shape index (κ1) is 63.0. The van der Waals surface area contributed by atoms with Crippen LogP contribution in [0, 0.1) is 0 Å². The van der Waals surface area contributed by atoms with Gasteiger partial charge in [0.2, 0.25) is 13.3 Å². The highest BCUT2D eigenvalue weighted by Gasteiger charge is 2.46. The lowest BCUT2D eigenvalue weighted by atomic mass is 10.1. The largest absolute Gasteiger partial charge is 0.493 e. The molecule has 6 atom stereocenters. The van der Waals surface area contributed by atoms with Gasteiger partial charge in [0.15, 0.2) is 33.7 Å². The van der Waals surface area contributed by atoms with E-state index in [0.29, 0.717) is 99.5 Å². The third-order valence-corrected chi connectivity index (χ3v) is 20.0. The maximum atomic E-state index is 13.8. The number of nitrogens with zero attached hydrogens (tertiary/aromatic N) is 4. The van der Waals surface area contributed by atoms with Crippen LogP contribution in [0.2, 0.25) is 0 Å². The summed E-state index contributed by atoms with van der Waals surface area (Å²) in [5.41, 5.74) is 3.08. The van der Waals surface area contributed by atoms with Gasteiger partial charge < -0.3 is 68.2 Å². The summed E-state index contributed by atoms with van der Waals surface area (Å²) in [6.45, 7) is 4.15. The van der Waals surface area contributed by atoms with E-state index in [4.69, 9.17) is 38.0 Å². The highest BCUT2D eigenvalue weighted by atomic mass is 32.2. The van der Waals surface area contributed by atoms with Gasteiger partial charge in [-0.1, -0.05) is 5.16 Å². The molecule has 5 aliphatic heterocycles. The van der Waals surface area contributed by atoms with Gasteiger partial charge in [-0.2, -0.15) is 29.5 Å². The lowest BCUT2D eigenvalue weighted by Crippen LogP contribution is -2.47. The van der Waals surface area contributed by atoms with Crippen molar-refractivity contribution in [1.29, 1.82) is 0 Å². The molecule has 0 spiro atoms. The molecule has 85 heavy (non-hydrogen) atoms. The molecule has 3 fully saturated rings. The molecule has 25 nitrogen and oxygen atoms in total. The normalized spacial score (nSPS) is 21.1. The van der Waals surface area contributed by atoms with Gasteiger partial charge >= 0.3 is 0 Å². The first-order chi connectivity index (χ1) is 40.6. The van der Waals surface area contributed by atoms with E-state index in [1.807, 2.05) is 12.1 Å². The first-order valence-corrected chi connectivity index (χ1v) is 33.4. The van der Waals surface area contributed by atoms with Crippen molar-refractivity contribution in [3.8, 4) is 34.5 Å². The van der Waals surface area contributed by atoms with E-state index < -0.39 is 62.3 Å². The molecule has 3 amide bonds. The summed E-state index contributed by atoms with van der Waals surface area (Å²) in [5.74, 6) is 0.787. The third kappa shape index (κ3) is 15.6. The number of likely N-dealkylation sites (tertiary alicyclic amines) is 1. The molecule has 3 saturated heterocycles. The molecule has 462 valence electrons. The molecular weight excluding hydrogens is 1190 g/mol. The number of thiol groups is 1. The summed E-state index contributed by atoms with van der Waals surface area (Å²) in [6, 6.07) is 16.7. The van der Waals surface area contributed by atoms with E-state index in [-0.39, 0.29) is 115 Å². The van der Waals surface area contributed by atoms with Crippen molar-refractivity contribution in [3.05, 3.63) is 94.5 Å². The van der Waals surface area contributed by atoms with Crippen LogP contribution in [0.25, 0.3) is 0 Å². The molecule has 0 saturated carbocycles. The Morgan fingerprint density at radius 1 is 0.659 bits per heavy atom. The number of ether oxygens (including phenoxy) is 7. The Bertz CT molecular complexity index is 3260. The number of methoxy groups -OCH3 is 2. The topological polar surface area (TPSA) is 317 Å². The van der Waals surface area contributed by atoms with Gasteiger partial charge in [0.25, 0.3) is 32.1 Å². The summed E-state index contributed by atoms with van der Waals surface area (Å²) in [5, 5.41) is 6.66. The molecule has 0 bridgehead atoms. The van der Waals surface area contributed by atoms with Crippen molar-refractivity contribution >= 4 is 75.0 Å². The van der Waals surface area contributed by atoms with Crippen molar-refractivity contribution < 1.29 is 87.8 Å². The fraction of sp³-hybridized carbons (Fsp3) is 0.500. The predicted octanol–water partition coefficient (Wildman–Crippen LogP) is 6.15. The molecule has 29 heteroatoms. The van der Waals surface area contributed by atoms with Gasteiger partial charge in [-0.3, -0.25) is 28.1 Å². The predicted molar refractivity (Wildman–Crippen MR) is 316 cm³/mol. The minimum absolute atomic E-state index is 0.0268. The molecule has 4 unspecified atom stereocenters. The van der Waals surface area contributed by atoms with Crippen LogP contribution in [-0.4, -0.2) is 183 Å². The average molecular weight is 1260 g/mol. The Morgan fingerprint density at radius 3 is 1.67 bits per heavy atom. The molecule has 5 N–H and O–H groups in total. The SMILES string of the molecule is COc1cc2c(cc1OCc1cc(COc3cc4c(cc3OC)C(=O)N3CCC[C@H]3C(S(=O)(=O)O)N4)cc(OCCOCCOc3ccc(C(C)=NOCCCP(=O)(O)CCCN4CCC(S)C4=O)cc3)c1)NC(S(=O)(=O)O)[C@@H]1CCCN1C2=O. The van der Waals surface area contributed by atoms with Crippen molar-refractivity contribution in [2.24, 2.45) is 5.16 Å². The number of carbonyl (C=O) groups is 3. The molecule has 0 aromatic heterocycles. The second-order valence-electron chi connectivity index (χ2n) is 21.2. The molecule has 9 rings (SSSR count).